The van der Waals surface area contributed by atoms with E-state index in [9.17, 15) is 20.4 Å². The van der Waals surface area contributed by atoms with Crippen LogP contribution in [0.15, 0.2) is 12.1 Å². The molecule has 1 heterocycles. The third kappa shape index (κ3) is 3.22. The first-order valence-corrected chi connectivity index (χ1v) is 7.08. The van der Waals surface area contributed by atoms with E-state index in [1.165, 1.54) is 21.3 Å². The van der Waals surface area contributed by atoms with Gasteiger partial charge in [-0.1, -0.05) is 0 Å². The van der Waals surface area contributed by atoms with E-state index < -0.39 is 37.1 Å². The van der Waals surface area contributed by atoms with Crippen LogP contribution in [0.4, 0.5) is 0 Å². The zero-order chi connectivity index (χ0) is 17.1. The minimum Gasteiger partial charge on any atom is -0.496 e. The molecule has 0 aliphatic carbocycles. The van der Waals surface area contributed by atoms with E-state index in [2.05, 4.69) is 0 Å². The van der Waals surface area contributed by atoms with Gasteiger partial charge in [0.15, 0.2) is 0 Å². The van der Waals surface area contributed by atoms with Crippen molar-refractivity contribution in [2.75, 3.05) is 27.9 Å². The molecule has 1 aliphatic heterocycles. The molecule has 1 saturated heterocycles. The lowest BCUT2D eigenvalue weighted by molar-refractivity contribution is -0.232. The normalized spacial score (nSPS) is 30.8. The predicted molar refractivity (Wildman–Crippen MR) is 78.8 cm³/mol. The quantitative estimate of drug-likeness (QED) is 0.556. The molecule has 1 aromatic carbocycles. The Bertz CT molecular complexity index is 507. The lowest BCUT2D eigenvalue weighted by Crippen LogP contribution is -2.55. The lowest BCUT2D eigenvalue weighted by Gasteiger charge is -2.40. The first-order valence-electron chi connectivity index (χ1n) is 7.08. The predicted octanol–water partition coefficient (Wildman–Crippen LogP) is -0.773. The van der Waals surface area contributed by atoms with Crippen molar-refractivity contribution in [3.8, 4) is 17.2 Å². The topological polar surface area (TPSA) is 118 Å². The van der Waals surface area contributed by atoms with Crippen molar-refractivity contribution < 1.29 is 39.4 Å². The number of ether oxygens (including phenoxy) is 4. The summed E-state index contributed by atoms with van der Waals surface area (Å²) in [7, 11) is 4.35. The van der Waals surface area contributed by atoms with Crippen LogP contribution >= 0.6 is 0 Å². The zero-order valence-electron chi connectivity index (χ0n) is 13.2. The molecule has 8 heteroatoms. The second-order valence-electron chi connectivity index (χ2n) is 5.20. The fourth-order valence-corrected chi connectivity index (χ4v) is 2.65. The van der Waals surface area contributed by atoms with Crippen LogP contribution in [0.2, 0.25) is 0 Å². The van der Waals surface area contributed by atoms with Gasteiger partial charge in [-0.3, -0.25) is 0 Å². The van der Waals surface area contributed by atoms with Gasteiger partial charge in [0.05, 0.1) is 33.5 Å². The molecule has 5 atom stereocenters. The third-order valence-electron chi connectivity index (χ3n) is 3.93. The Morgan fingerprint density at radius 1 is 0.913 bits per heavy atom. The Kier molecular flexibility index (Phi) is 5.66. The van der Waals surface area contributed by atoms with E-state index in [0.29, 0.717) is 22.8 Å². The van der Waals surface area contributed by atoms with Crippen LogP contribution in [0.1, 0.15) is 11.7 Å². The fraction of sp³-hybridized carbons (Fsp3) is 0.600. The highest BCUT2D eigenvalue weighted by atomic mass is 16.5. The molecule has 0 radical (unpaired) electrons. The van der Waals surface area contributed by atoms with Gasteiger partial charge >= 0.3 is 0 Å². The van der Waals surface area contributed by atoms with Gasteiger partial charge < -0.3 is 39.4 Å². The van der Waals surface area contributed by atoms with Crippen LogP contribution in [0.3, 0.4) is 0 Å². The summed E-state index contributed by atoms with van der Waals surface area (Å²) in [5.41, 5.74) is 0.354. The van der Waals surface area contributed by atoms with E-state index in [0.717, 1.165) is 0 Å². The molecular weight excluding hydrogens is 308 g/mol. The van der Waals surface area contributed by atoms with E-state index in [4.69, 9.17) is 18.9 Å². The second kappa shape index (κ2) is 7.33. The molecule has 23 heavy (non-hydrogen) atoms. The minimum atomic E-state index is -1.48. The molecule has 4 N–H and O–H groups in total. The molecular formula is C15H22O8. The Morgan fingerprint density at radius 3 is 1.91 bits per heavy atom. The van der Waals surface area contributed by atoms with Crippen LogP contribution in [0.5, 0.6) is 17.2 Å². The smallest absolute Gasteiger partial charge is 0.132 e. The highest BCUT2D eigenvalue weighted by Gasteiger charge is 2.46. The van der Waals surface area contributed by atoms with Crippen LogP contribution in [0.25, 0.3) is 0 Å². The van der Waals surface area contributed by atoms with Crippen molar-refractivity contribution in [1.82, 2.24) is 0 Å². The van der Waals surface area contributed by atoms with Gasteiger partial charge in [0.2, 0.25) is 0 Å². The number of hydrogen-bond donors (Lipinski definition) is 4. The Morgan fingerprint density at radius 2 is 1.48 bits per heavy atom. The number of rotatable bonds is 5. The maximum Gasteiger partial charge on any atom is 0.132 e. The van der Waals surface area contributed by atoms with Crippen molar-refractivity contribution >= 4 is 0 Å². The maximum atomic E-state index is 10.3. The number of methoxy groups -OCH3 is 3. The first kappa shape index (κ1) is 17.8. The van der Waals surface area contributed by atoms with Gasteiger partial charge in [-0.15, -0.1) is 0 Å². The molecule has 2 rings (SSSR count). The maximum absolute atomic E-state index is 10.3. The summed E-state index contributed by atoms with van der Waals surface area (Å²) in [6.45, 7) is -0.512. The molecule has 0 amide bonds. The summed E-state index contributed by atoms with van der Waals surface area (Å²) in [4.78, 5) is 0. The molecule has 0 saturated carbocycles. The molecule has 0 spiro atoms. The highest BCUT2D eigenvalue weighted by molar-refractivity contribution is 5.52. The summed E-state index contributed by atoms with van der Waals surface area (Å²) in [5.74, 6) is 1.13. The number of benzene rings is 1. The zero-order valence-corrected chi connectivity index (χ0v) is 13.2. The van der Waals surface area contributed by atoms with E-state index in [-0.39, 0.29) is 0 Å². The van der Waals surface area contributed by atoms with Gasteiger partial charge in [0.25, 0.3) is 0 Å². The first-order chi connectivity index (χ1) is 11.0. The Labute approximate surface area is 133 Å². The molecule has 0 bridgehead atoms. The Balaban J connectivity index is 2.50. The van der Waals surface area contributed by atoms with Crippen molar-refractivity contribution in [2.24, 2.45) is 0 Å². The highest BCUT2D eigenvalue weighted by Crippen LogP contribution is 2.44. The monoisotopic (exact) mass is 330 g/mol. The second-order valence-corrected chi connectivity index (χ2v) is 5.20. The average molecular weight is 330 g/mol. The van der Waals surface area contributed by atoms with Crippen LogP contribution < -0.4 is 14.2 Å². The summed E-state index contributed by atoms with van der Waals surface area (Å²) in [6.07, 6.45) is -6.41. The number of hydrogen-bond acceptors (Lipinski definition) is 8. The fourth-order valence-electron chi connectivity index (χ4n) is 2.65. The van der Waals surface area contributed by atoms with Crippen molar-refractivity contribution in [3.05, 3.63) is 17.7 Å². The Hall–Kier alpha value is -1.58. The lowest BCUT2D eigenvalue weighted by atomic mass is 9.90. The average Bonchev–Trinajstić information content (AvgIpc) is 2.59. The van der Waals surface area contributed by atoms with Gasteiger partial charge in [-0.05, 0) is 0 Å². The molecule has 0 aromatic heterocycles. The van der Waals surface area contributed by atoms with Crippen molar-refractivity contribution in [2.45, 2.75) is 30.5 Å². The minimum absolute atomic E-state index is 0.325. The summed E-state index contributed by atoms with van der Waals surface area (Å²) in [5, 5.41) is 39.4. The number of aliphatic hydroxyl groups is 4. The molecule has 8 nitrogen and oxygen atoms in total. The van der Waals surface area contributed by atoms with Crippen molar-refractivity contribution in [3.63, 3.8) is 0 Å². The van der Waals surface area contributed by atoms with E-state index in [1.54, 1.807) is 12.1 Å². The van der Waals surface area contributed by atoms with Gasteiger partial charge in [-0.25, -0.2) is 0 Å². The van der Waals surface area contributed by atoms with E-state index >= 15 is 0 Å². The van der Waals surface area contributed by atoms with Crippen LogP contribution in [-0.2, 0) is 4.74 Å². The van der Waals surface area contributed by atoms with Gasteiger partial charge in [0, 0.05) is 12.1 Å². The van der Waals surface area contributed by atoms with E-state index in [1.807, 2.05) is 0 Å². The summed E-state index contributed by atoms with van der Waals surface area (Å²) in [6, 6.07) is 3.17. The summed E-state index contributed by atoms with van der Waals surface area (Å²) < 4.78 is 21.3. The SMILES string of the molecule is COc1cc(OC)c([C@@H]2O[C@H](CO)[C@@H](O)[C@H](O)[C@@H]2O)c(OC)c1. The van der Waals surface area contributed by atoms with Crippen molar-refractivity contribution in [1.29, 1.82) is 0 Å². The molecule has 1 fully saturated rings. The van der Waals surface area contributed by atoms with Gasteiger partial charge in [0.1, 0.15) is 47.8 Å². The summed E-state index contributed by atoms with van der Waals surface area (Å²) >= 11 is 0. The molecule has 1 aromatic rings. The number of aliphatic hydroxyl groups excluding tert-OH is 4. The largest absolute Gasteiger partial charge is 0.496 e. The molecule has 0 unspecified atom stereocenters. The van der Waals surface area contributed by atoms with Gasteiger partial charge in [-0.2, -0.15) is 0 Å². The van der Waals surface area contributed by atoms with Crippen LogP contribution in [0, 0.1) is 0 Å². The molecule has 130 valence electrons. The van der Waals surface area contributed by atoms with Crippen LogP contribution in [-0.4, -0.2) is 72.8 Å². The molecule has 1 aliphatic rings. The third-order valence-corrected chi connectivity index (χ3v) is 3.93. The standard InChI is InChI=1S/C15H22O8/c1-20-7-4-8(21-2)11(9(5-7)22-3)15-14(19)13(18)12(17)10(6-16)23-15/h4-5,10,12-19H,6H2,1-3H3/t10-,12-,13+,14+,15+/m1/s1.